The van der Waals surface area contributed by atoms with E-state index < -0.39 is 0 Å². The molecule has 0 aromatic rings. The van der Waals surface area contributed by atoms with E-state index >= 15 is 0 Å². The largest absolute Gasteiger partial charge is 0.294 e. The first-order valence-electron chi connectivity index (χ1n) is 3.62. The van der Waals surface area contributed by atoms with Gasteiger partial charge in [-0.1, -0.05) is 0 Å². The molecule has 2 aliphatic heterocycles. The summed E-state index contributed by atoms with van der Waals surface area (Å²) < 4.78 is 0. The molecule has 10 heavy (non-hydrogen) atoms. The van der Waals surface area contributed by atoms with E-state index in [1.54, 1.807) is 0 Å². The lowest BCUT2D eigenvalue weighted by Gasteiger charge is -2.28. The van der Waals surface area contributed by atoms with E-state index in [4.69, 9.17) is 5.21 Å². The number of hydroxylamine groups is 2. The Hall–Kier alpha value is -0.610. The van der Waals surface area contributed by atoms with Gasteiger partial charge in [-0.25, -0.2) is 5.06 Å². The Kier molecular flexibility index (Phi) is 1.35. The molecule has 2 rings (SSSR count). The standard InChI is InChI=1S/C6H11N3O/c10-9-4-8-5-2-1-3-7-6(5)9/h4-7,10H,1-3H2. The van der Waals surface area contributed by atoms with E-state index in [2.05, 4.69) is 10.3 Å². The van der Waals surface area contributed by atoms with Crippen LogP contribution < -0.4 is 5.32 Å². The van der Waals surface area contributed by atoms with Crippen molar-refractivity contribution in [2.75, 3.05) is 6.54 Å². The molecule has 0 amide bonds. The quantitative estimate of drug-likeness (QED) is 0.491. The van der Waals surface area contributed by atoms with Gasteiger partial charge in [0.25, 0.3) is 0 Å². The van der Waals surface area contributed by atoms with Crippen molar-refractivity contribution in [1.82, 2.24) is 10.4 Å². The highest BCUT2D eigenvalue weighted by atomic mass is 16.5. The fourth-order valence-corrected chi connectivity index (χ4v) is 1.51. The molecule has 0 radical (unpaired) electrons. The van der Waals surface area contributed by atoms with Crippen LogP contribution in [0.5, 0.6) is 0 Å². The van der Waals surface area contributed by atoms with Gasteiger partial charge in [-0.2, -0.15) is 0 Å². The van der Waals surface area contributed by atoms with Crippen LogP contribution in [0.15, 0.2) is 4.99 Å². The summed E-state index contributed by atoms with van der Waals surface area (Å²) >= 11 is 0. The van der Waals surface area contributed by atoms with Gasteiger partial charge < -0.3 is 0 Å². The number of rotatable bonds is 0. The molecule has 2 N–H and O–H groups in total. The predicted octanol–water partition coefficient (Wildman–Crippen LogP) is -0.202. The Morgan fingerprint density at radius 3 is 3.40 bits per heavy atom. The van der Waals surface area contributed by atoms with Crippen molar-refractivity contribution in [3.8, 4) is 0 Å². The fourth-order valence-electron chi connectivity index (χ4n) is 1.51. The first kappa shape index (κ1) is 6.12. The summed E-state index contributed by atoms with van der Waals surface area (Å²) in [6.07, 6.45) is 3.79. The monoisotopic (exact) mass is 141 g/mol. The molecule has 2 unspecified atom stereocenters. The molecule has 1 fully saturated rings. The molecule has 4 heteroatoms. The van der Waals surface area contributed by atoms with Crippen LogP contribution in [-0.2, 0) is 0 Å². The van der Waals surface area contributed by atoms with Crippen LogP contribution in [-0.4, -0.2) is 35.4 Å². The highest BCUT2D eigenvalue weighted by Gasteiger charge is 2.31. The lowest BCUT2D eigenvalue weighted by molar-refractivity contribution is -0.0601. The highest BCUT2D eigenvalue weighted by molar-refractivity contribution is 5.57. The van der Waals surface area contributed by atoms with Crippen LogP contribution >= 0.6 is 0 Å². The van der Waals surface area contributed by atoms with Gasteiger partial charge in [0.05, 0.1) is 6.04 Å². The summed E-state index contributed by atoms with van der Waals surface area (Å²) in [4.78, 5) is 4.13. The number of aliphatic imine (C=N–C) groups is 1. The van der Waals surface area contributed by atoms with Crippen LogP contribution in [0.1, 0.15) is 12.8 Å². The number of hydrogen-bond acceptors (Lipinski definition) is 4. The number of hydrogen-bond donors (Lipinski definition) is 2. The molecule has 0 aliphatic carbocycles. The molecular weight excluding hydrogens is 130 g/mol. The van der Waals surface area contributed by atoms with Crippen molar-refractivity contribution in [1.29, 1.82) is 0 Å². The average molecular weight is 141 g/mol. The Bertz CT molecular complexity index is 159. The van der Waals surface area contributed by atoms with Crippen molar-refractivity contribution in [2.24, 2.45) is 4.99 Å². The van der Waals surface area contributed by atoms with Crippen molar-refractivity contribution in [2.45, 2.75) is 25.0 Å². The Morgan fingerprint density at radius 2 is 2.60 bits per heavy atom. The predicted molar refractivity (Wildman–Crippen MR) is 36.9 cm³/mol. The zero-order valence-corrected chi connectivity index (χ0v) is 5.70. The lowest BCUT2D eigenvalue weighted by atomic mass is 10.1. The first-order chi connectivity index (χ1) is 4.88. The van der Waals surface area contributed by atoms with Crippen molar-refractivity contribution >= 4 is 6.34 Å². The fraction of sp³-hybridized carbons (Fsp3) is 0.833. The van der Waals surface area contributed by atoms with E-state index in [0.29, 0.717) is 0 Å². The van der Waals surface area contributed by atoms with E-state index in [1.807, 2.05) is 0 Å². The van der Waals surface area contributed by atoms with Crippen LogP contribution in [0.2, 0.25) is 0 Å². The first-order valence-corrected chi connectivity index (χ1v) is 3.62. The van der Waals surface area contributed by atoms with Crippen LogP contribution in [0, 0.1) is 0 Å². The van der Waals surface area contributed by atoms with Crippen molar-refractivity contribution in [3.63, 3.8) is 0 Å². The summed E-state index contributed by atoms with van der Waals surface area (Å²) in [6, 6.07) is 0.277. The molecule has 0 spiro atoms. The maximum atomic E-state index is 9.15. The minimum atomic E-state index is 0.0498. The molecule has 2 heterocycles. The van der Waals surface area contributed by atoms with Crippen molar-refractivity contribution < 1.29 is 5.21 Å². The van der Waals surface area contributed by atoms with E-state index in [0.717, 1.165) is 24.4 Å². The number of nitrogens with zero attached hydrogens (tertiary/aromatic N) is 2. The topological polar surface area (TPSA) is 47.9 Å². The molecule has 0 aromatic carbocycles. The Morgan fingerprint density at radius 1 is 1.70 bits per heavy atom. The van der Waals surface area contributed by atoms with Gasteiger partial charge in [0.2, 0.25) is 0 Å². The molecule has 0 aromatic heterocycles. The number of fused-ring (bicyclic) bond motifs is 1. The van der Waals surface area contributed by atoms with Gasteiger partial charge in [-0.15, -0.1) is 0 Å². The Labute approximate surface area is 59.5 Å². The Balaban J connectivity index is 2.07. The maximum Gasteiger partial charge on any atom is 0.130 e. The maximum absolute atomic E-state index is 9.15. The van der Waals surface area contributed by atoms with E-state index in [9.17, 15) is 0 Å². The van der Waals surface area contributed by atoms with Gasteiger partial charge in [-0.05, 0) is 19.4 Å². The summed E-state index contributed by atoms with van der Waals surface area (Å²) in [5.41, 5.74) is 0. The third-order valence-corrected chi connectivity index (χ3v) is 2.06. The third kappa shape index (κ3) is 0.803. The third-order valence-electron chi connectivity index (χ3n) is 2.06. The molecule has 2 aliphatic rings. The van der Waals surface area contributed by atoms with Crippen molar-refractivity contribution in [3.05, 3.63) is 0 Å². The second-order valence-electron chi connectivity index (χ2n) is 2.75. The second kappa shape index (κ2) is 2.21. The van der Waals surface area contributed by atoms with E-state index in [1.165, 1.54) is 6.34 Å². The van der Waals surface area contributed by atoms with E-state index in [-0.39, 0.29) is 12.2 Å². The lowest BCUT2D eigenvalue weighted by Crippen LogP contribution is -2.49. The smallest absolute Gasteiger partial charge is 0.130 e. The minimum absolute atomic E-state index is 0.0498. The van der Waals surface area contributed by atoms with Crippen LogP contribution in [0.25, 0.3) is 0 Å². The van der Waals surface area contributed by atoms with Crippen LogP contribution in [0.4, 0.5) is 0 Å². The van der Waals surface area contributed by atoms with Gasteiger partial charge in [0, 0.05) is 0 Å². The van der Waals surface area contributed by atoms with Gasteiger partial charge in [0.1, 0.15) is 12.5 Å². The zero-order chi connectivity index (χ0) is 6.97. The van der Waals surface area contributed by atoms with Crippen LogP contribution in [0.3, 0.4) is 0 Å². The summed E-state index contributed by atoms with van der Waals surface area (Å²) in [6.45, 7) is 0.988. The molecule has 56 valence electrons. The highest BCUT2D eigenvalue weighted by Crippen LogP contribution is 2.17. The molecule has 4 nitrogen and oxygen atoms in total. The molecule has 0 saturated carbocycles. The minimum Gasteiger partial charge on any atom is -0.294 e. The molecular formula is C6H11N3O. The SMILES string of the molecule is ON1C=NC2CCCNC21. The molecule has 1 saturated heterocycles. The van der Waals surface area contributed by atoms with Gasteiger partial charge in [-0.3, -0.25) is 15.5 Å². The summed E-state index contributed by atoms with van der Waals surface area (Å²) in [5.74, 6) is 0. The average Bonchev–Trinajstić information content (AvgIpc) is 2.34. The van der Waals surface area contributed by atoms with Gasteiger partial charge >= 0.3 is 0 Å². The summed E-state index contributed by atoms with van der Waals surface area (Å²) in [7, 11) is 0. The molecule has 0 bridgehead atoms. The number of piperidine rings is 1. The molecule has 2 atom stereocenters. The summed E-state index contributed by atoms with van der Waals surface area (Å²) in [5, 5.41) is 13.5. The zero-order valence-electron chi connectivity index (χ0n) is 5.70. The second-order valence-corrected chi connectivity index (χ2v) is 2.75. The normalized spacial score (nSPS) is 38.3. The number of nitrogens with one attached hydrogen (secondary N) is 1. The van der Waals surface area contributed by atoms with Gasteiger partial charge in [0.15, 0.2) is 0 Å².